The Kier molecular flexibility index (Phi) is 6.91. The Labute approximate surface area is 163 Å². The number of ether oxygens (including phenoxy) is 1. The number of methoxy groups -OCH3 is 1. The Balaban J connectivity index is 1.44. The third-order valence-corrected chi connectivity index (χ3v) is 5.83. The van der Waals surface area contributed by atoms with Crippen molar-refractivity contribution in [2.75, 3.05) is 40.3 Å². The van der Waals surface area contributed by atoms with Gasteiger partial charge in [0, 0.05) is 44.5 Å². The lowest BCUT2D eigenvalue weighted by Gasteiger charge is -2.34. The maximum Gasteiger partial charge on any atom is 0.118 e. The van der Waals surface area contributed by atoms with Crippen LogP contribution in [0.4, 0.5) is 0 Å². The fourth-order valence-electron chi connectivity index (χ4n) is 4.08. The summed E-state index contributed by atoms with van der Waals surface area (Å²) >= 11 is 0. The van der Waals surface area contributed by atoms with Crippen molar-refractivity contribution in [3.63, 3.8) is 0 Å². The van der Waals surface area contributed by atoms with Gasteiger partial charge in [0.05, 0.1) is 13.3 Å². The summed E-state index contributed by atoms with van der Waals surface area (Å²) < 4.78 is 7.21. The molecule has 0 saturated carbocycles. The second kappa shape index (κ2) is 9.38. The van der Waals surface area contributed by atoms with Crippen molar-refractivity contribution in [1.29, 1.82) is 0 Å². The SMILES string of the molecule is COc1ccc(CCN2CCC[C@H](CN(C)Cc3cnn(C)c3C)C2)cc1. The minimum atomic E-state index is 0.761. The molecule has 0 bridgehead atoms. The van der Waals surface area contributed by atoms with E-state index in [9.17, 15) is 0 Å². The van der Waals surface area contributed by atoms with Gasteiger partial charge in [-0.05, 0) is 63.4 Å². The number of likely N-dealkylation sites (tertiary alicyclic amines) is 1. The van der Waals surface area contributed by atoms with Crippen molar-refractivity contribution >= 4 is 0 Å². The number of nitrogens with zero attached hydrogens (tertiary/aromatic N) is 4. The fraction of sp³-hybridized carbons (Fsp3) is 0.591. The summed E-state index contributed by atoms with van der Waals surface area (Å²) in [5, 5.41) is 4.37. The molecule has 5 nitrogen and oxygen atoms in total. The smallest absolute Gasteiger partial charge is 0.118 e. The molecule has 1 aromatic heterocycles. The van der Waals surface area contributed by atoms with Gasteiger partial charge in [-0.25, -0.2) is 0 Å². The first kappa shape index (κ1) is 19.9. The standard InChI is InChI=1S/C22H34N4O/c1-18-21(14-23-25(18)3)17-24(2)15-20-6-5-12-26(16-20)13-11-19-7-9-22(27-4)10-8-19/h7-10,14,20H,5-6,11-13,15-17H2,1-4H3/t20-/m1/s1. The van der Waals surface area contributed by atoms with Gasteiger partial charge in [0.2, 0.25) is 0 Å². The fourth-order valence-corrected chi connectivity index (χ4v) is 4.08. The predicted octanol–water partition coefficient (Wildman–Crippen LogP) is 3.12. The first-order valence-corrected chi connectivity index (χ1v) is 10.1. The first-order valence-electron chi connectivity index (χ1n) is 10.1. The molecule has 0 aliphatic carbocycles. The van der Waals surface area contributed by atoms with Crippen LogP contribution in [0, 0.1) is 12.8 Å². The molecule has 1 aromatic carbocycles. The van der Waals surface area contributed by atoms with Crippen molar-refractivity contribution in [3.8, 4) is 5.75 Å². The minimum absolute atomic E-state index is 0.761. The van der Waals surface area contributed by atoms with Gasteiger partial charge in [-0.15, -0.1) is 0 Å². The van der Waals surface area contributed by atoms with Crippen LogP contribution >= 0.6 is 0 Å². The molecule has 0 amide bonds. The number of piperidine rings is 1. The summed E-state index contributed by atoms with van der Waals surface area (Å²) in [6.07, 6.45) is 5.78. The number of hydrogen-bond acceptors (Lipinski definition) is 4. The molecule has 1 fully saturated rings. The molecule has 3 rings (SSSR count). The van der Waals surface area contributed by atoms with Crippen molar-refractivity contribution in [3.05, 3.63) is 47.3 Å². The third-order valence-electron chi connectivity index (χ3n) is 5.83. The van der Waals surface area contributed by atoms with E-state index in [2.05, 4.69) is 53.1 Å². The number of aryl methyl sites for hydroxylation is 1. The highest BCUT2D eigenvalue weighted by atomic mass is 16.5. The third kappa shape index (κ3) is 5.56. The molecule has 1 aliphatic heterocycles. The highest BCUT2D eigenvalue weighted by Crippen LogP contribution is 2.19. The van der Waals surface area contributed by atoms with E-state index in [-0.39, 0.29) is 0 Å². The molecule has 5 heteroatoms. The quantitative estimate of drug-likeness (QED) is 0.715. The molecule has 0 spiro atoms. The van der Waals surface area contributed by atoms with Crippen LogP contribution in [0.3, 0.4) is 0 Å². The van der Waals surface area contributed by atoms with Gasteiger partial charge < -0.3 is 14.5 Å². The van der Waals surface area contributed by atoms with E-state index >= 15 is 0 Å². The van der Waals surface area contributed by atoms with Gasteiger partial charge >= 0.3 is 0 Å². The predicted molar refractivity (Wildman–Crippen MR) is 110 cm³/mol. The van der Waals surface area contributed by atoms with Crippen molar-refractivity contribution in [1.82, 2.24) is 19.6 Å². The topological polar surface area (TPSA) is 33.5 Å². The van der Waals surface area contributed by atoms with E-state index in [1.54, 1.807) is 7.11 Å². The van der Waals surface area contributed by atoms with E-state index in [1.807, 2.05) is 17.9 Å². The molecular weight excluding hydrogens is 336 g/mol. The van der Waals surface area contributed by atoms with Gasteiger partial charge in [-0.1, -0.05) is 12.1 Å². The van der Waals surface area contributed by atoms with Crippen molar-refractivity contribution in [2.45, 2.75) is 32.7 Å². The van der Waals surface area contributed by atoms with Crippen LogP contribution in [0.25, 0.3) is 0 Å². The van der Waals surface area contributed by atoms with E-state index in [0.717, 1.165) is 37.7 Å². The molecule has 1 aliphatic rings. The average molecular weight is 371 g/mol. The number of benzene rings is 1. The van der Waals surface area contributed by atoms with Crippen LogP contribution in [-0.4, -0.2) is 59.9 Å². The van der Waals surface area contributed by atoms with Crippen molar-refractivity contribution < 1.29 is 4.74 Å². The van der Waals surface area contributed by atoms with Crippen LogP contribution in [0.2, 0.25) is 0 Å². The maximum absolute atomic E-state index is 5.25. The summed E-state index contributed by atoms with van der Waals surface area (Å²) in [5.74, 6) is 1.69. The zero-order valence-electron chi connectivity index (χ0n) is 17.3. The highest BCUT2D eigenvalue weighted by Gasteiger charge is 2.21. The van der Waals surface area contributed by atoms with Gasteiger partial charge in [0.15, 0.2) is 0 Å². The Morgan fingerprint density at radius 1 is 1.26 bits per heavy atom. The zero-order chi connectivity index (χ0) is 19.2. The van der Waals surface area contributed by atoms with Gasteiger partial charge in [0.25, 0.3) is 0 Å². The van der Waals surface area contributed by atoms with Crippen LogP contribution in [0.15, 0.2) is 30.5 Å². The summed E-state index contributed by atoms with van der Waals surface area (Å²) in [6, 6.07) is 8.49. The number of aromatic nitrogens is 2. The van der Waals surface area contributed by atoms with Crippen LogP contribution in [-0.2, 0) is 20.0 Å². The molecule has 0 N–H and O–H groups in total. The largest absolute Gasteiger partial charge is 0.497 e. The molecule has 1 saturated heterocycles. The van der Waals surface area contributed by atoms with Gasteiger partial charge in [-0.2, -0.15) is 5.10 Å². The number of hydrogen-bond donors (Lipinski definition) is 0. The van der Waals surface area contributed by atoms with Crippen LogP contribution < -0.4 is 4.74 Å². The molecular formula is C22H34N4O. The van der Waals surface area contributed by atoms with E-state index < -0.39 is 0 Å². The molecule has 148 valence electrons. The first-order chi connectivity index (χ1) is 13.0. The minimum Gasteiger partial charge on any atom is -0.497 e. The Bertz CT molecular complexity index is 710. The summed E-state index contributed by atoms with van der Waals surface area (Å²) in [5.41, 5.74) is 4.00. The van der Waals surface area contributed by atoms with Gasteiger partial charge in [0.1, 0.15) is 5.75 Å². The second-order valence-corrected chi connectivity index (χ2v) is 7.98. The molecule has 0 unspecified atom stereocenters. The van der Waals surface area contributed by atoms with Crippen LogP contribution in [0.1, 0.15) is 29.7 Å². The molecule has 2 heterocycles. The zero-order valence-corrected chi connectivity index (χ0v) is 17.3. The highest BCUT2D eigenvalue weighted by molar-refractivity contribution is 5.27. The average Bonchev–Trinajstić information content (AvgIpc) is 2.99. The molecule has 0 radical (unpaired) electrons. The lowest BCUT2D eigenvalue weighted by atomic mass is 9.97. The lowest BCUT2D eigenvalue weighted by molar-refractivity contribution is 0.142. The van der Waals surface area contributed by atoms with Gasteiger partial charge in [-0.3, -0.25) is 4.68 Å². The molecule has 1 atom stereocenters. The lowest BCUT2D eigenvalue weighted by Crippen LogP contribution is -2.40. The Morgan fingerprint density at radius 3 is 2.70 bits per heavy atom. The Morgan fingerprint density at radius 2 is 2.04 bits per heavy atom. The van der Waals surface area contributed by atoms with E-state index in [4.69, 9.17) is 4.74 Å². The van der Waals surface area contributed by atoms with E-state index in [1.165, 1.54) is 42.8 Å². The summed E-state index contributed by atoms with van der Waals surface area (Å²) in [6.45, 7) is 7.89. The van der Waals surface area contributed by atoms with Crippen molar-refractivity contribution in [2.24, 2.45) is 13.0 Å². The maximum atomic E-state index is 5.25. The summed E-state index contributed by atoms with van der Waals surface area (Å²) in [4.78, 5) is 5.10. The summed E-state index contributed by atoms with van der Waals surface area (Å²) in [7, 11) is 5.97. The van der Waals surface area contributed by atoms with Crippen LogP contribution in [0.5, 0.6) is 5.75 Å². The number of rotatable bonds is 8. The normalized spacial score (nSPS) is 18.2. The molecule has 27 heavy (non-hydrogen) atoms. The molecule has 2 aromatic rings. The second-order valence-electron chi connectivity index (χ2n) is 7.98. The Hall–Kier alpha value is -1.85. The monoisotopic (exact) mass is 370 g/mol. The van der Waals surface area contributed by atoms with E-state index in [0.29, 0.717) is 0 Å².